The molecule has 0 saturated heterocycles. The van der Waals surface area contributed by atoms with Crippen LogP contribution in [-0.2, 0) is 19.2 Å². The number of thioether (sulfide) groups is 1. The van der Waals surface area contributed by atoms with E-state index in [0.717, 1.165) is 24.6 Å². The van der Waals surface area contributed by atoms with Gasteiger partial charge in [0.15, 0.2) is 0 Å². The number of nitrogens with one attached hydrogen (secondary N) is 3. The molecule has 1 atom stereocenters. The molecule has 9 nitrogen and oxygen atoms in total. The summed E-state index contributed by atoms with van der Waals surface area (Å²) in [4.78, 5) is 59.0. The molecule has 1 saturated carbocycles. The van der Waals surface area contributed by atoms with E-state index in [0.29, 0.717) is 24.9 Å². The van der Waals surface area contributed by atoms with E-state index in [1.165, 1.54) is 0 Å². The fraction of sp³-hybridized carbons (Fsp3) is 0.500. The standard InChI is InChI=1S/C22H29N3O6S/c1-14(32-22(31)17-5-3-2-4-6-17)20(28)25-13-19(27)24-12-18(26)23-11-15-7-9-16(10-8-15)21(29)30/h2-6,14-16H,7-13H2,1H3,(H,23,26)(H,24,27)(H,25,28)(H,29,30). The lowest BCUT2D eigenvalue weighted by Gasteiger charge is -2.26. The molecule has 4 N–H and O–H groups in total. The van der Waals surface area contributed by atoms with Gasteiger partial charge in [-0.05, 0) is 38.5 Å². The van der Waals surface area contributed by atoms with Crippen LogP contribution >= 0.6 is 11.8 Å². The molecule has 3 amide bonds. The van der Waals surface area contributed by atoms with Gasteiger partial charge in [-0.1, -0.05) is 42.1 Å². The molecule has 174 valence electrons. The second-order valence-corrected chi connectivity index (χ2v) is 9.08. The van der Waals surface area contributed by atoms with Gasteiger partial charge in [-0.2, -0.15) is 0 Å². The van der Waals surface area contributed by atoms with Crippen LogP contribution in [0.4, 0.5) is 0 Å². The molecule has 1 fully saturated rings. The van der Waals surface area contributed by atoms with Gasteiger partial charge in [0.25, 0.3) is 0 Å². The first kappa shape index (κ1) is 25.4. The summed E-state index contributed by atoms with van der Waals surface area (Å²) in [6, 6.07) is 8.60. The molecule has 1 aromatic carbocycles. The Labute approximate surface area is 191 Å². The zero-order valence-corrected chi connectivity index (χ0v) is 18.8. The van der Waals surface area contributed by atoms with E-state index in [2.05, 4.69) is 16.0 Å². The number of carbonyl (C=O) groups is 5. The van der Waals surface area contributed by atoms with Gasteiger partial charge in [0.05, 0.1) is 24.3 Å². The first-order valence-electron chi connectivity index (χ1n) is 10.6. The Bertz CT molecular complexity index is 824. The second kappa shape index (κ2) is 12.8. The van der Waals surface area contributed by atoms with Crippen LogP contribution in [0.15, 0.2) is 30.3 Å². The summed E-state index contributed by atoms with van der Waals surface area (Å²) in [5.41, 5.74) is 0.496. The van der Waals surface area contributed by atoms with Crippen molar-refractivity contribution >= 4 is 40.6 Å². The minimum absolute atomic E-state index is 0.212. The maximum absolute atomic E-state index is 12.1. The maximum Gasteiger partial charge on any atom is 0.306 e. The first-order valence-corrected chi connectivity index (χ1v) is 11.4. The van der Waals surface area contributed by atoms with Crippen molar-refractivity contribution in [3.8, 4) is 0 Å². The Balaban J connectivity index is 1.59. The van der Waals surface area contributed by atoms with Crippen molar-refractivity contribution in [2.24, 2.45) is 11.8 Å². The van der Waals surface area contributed by atoms with E-state index in [1.807, 2.05) is 0 Å². The van der Waals surface area contributed by atoms with Crippen molar-refractivity contribution in [2.75, 3.05) is 19.6 Å². The van der Waals surface area contributed by atoms with Crippen molar-refractivity contribution in [2.45, 2.75) is 37.9 Å². The number of hydrogen-bond donors (Lipinski definition) is 4. The Hall–Kier alpha value is -2.88. The molecule has 1 aliphatic rings. The normalized spacial score (nSPS) is 18.8. The van der Waals surface area contributed by atoms with Crippen LogP contribution in [0.5, 0.6) is 0 Å². The quantitative estimate of drug-likeness (QED) is 0.408. The summed E-state index contributed by atoms with van der Waals surface area (Å²) in [6.45, 7) is 1.52. The summed E-state index contributed by atoms with van der Waals surface area (Å²) in [5.74, 6) is -2.13. The second-order valence-electron chi connectivity index (χ2n) is 7.77. The van der Waals surface area contributed by atoms with E-state index in [4.69, 9.17) is 5.11 Å². The van der Waals surface area contributed by atoms with Gasteiger partial charge in [-0.15, -0.1) is 0 Å². The number of carboxylic acids is 1. The van der Waals surface area contributed by atoms with E-state index in [-0.39, 0.29) is 35.9 Å². The van der Waals surface area contributed by atoms with E-state index >= 15 is 0 Å². The van der Waals surface area contributed by atoms with Crippen LogP contribution in [-0.4, -0.2) is 58.8 Å². The molecule has 1 aliphatic carbocycles. The van der Waals surface area contributed by atoms with Crippen molar-refractivity contribution in [1.29, 1.82) is 0 Å². The van der Waals surface area contributed by atoms with Crippen LogP contribution in [0.3, 0.4) is 0 Å². The van der Waals surface area contributed by atoms with Gasteiger partial charge in [-0.3, -0.25) is 24.0 Å². The van der Waals surface area contributed by atoms with E-state index in [9.17, 15) is 24.0 Å². The maximum atomic E-state index is 12.1. The molecule has 0 radical (unpaired) electrons. The van der Waals surface area contributed by atoms with Crippen LogP contribution in [0.1, 0.15) is 43.0 Å². The highest BCUT2D eigenvalue weighted by Gasteiger charge is 2.26. The number of amides is 3. The highest BCUT2D eigenvalue weighted by Crippen LogP contribution is 2.28. The Morgan fingerprint density at radius 2 is 1.53 bits per heavy atom. The number of rotatable bonds is 10. The first-order chi connectivity index (χ1) is 15.3. The minimum atomic E-state index is -0.766. The lowest BCUT2D eigenvalue weighted by atomic mass is 9.82. The topological polar surface area (TPSA) is 142 Å². The zero-order valence-electron chi connectivity index (χ0n) is 18.0. The Morgan fingerprint density at radius 1 is 0.938 bits per heavy atom. The monoisotopic (exact) mass is 463 g/mol. The number of carbonyl (C=O) groups excluding carboxylic acids is 4. The Kier molecular flexibility index (Phi) is 10.2. The summed E-state index contributed by atoms with van der Waals surface area (Å²) >= 11 is 0.873. The van der Waals surface area contributed by atoms with E-state index in [1.54, 1.807) is 37.3 Å². The van der Waals surface area contributed by atoms with Crippen LogP contribution < -0.4 is 16.0 Å². The largest absolute Gasteiger partial charge is 0.481 e. The molecule has 1 aromatic rings. The summed E-state index contributed by atoms with van der Waals surface area (Å²) in [5, 5.41) is 15.7. The average Bonchev–Trinajstić information content (AvgIpc) is 2.80. The fourth-order valence-corrected chi connectivity index (χ4v) is 4.13. The summed E-state index contributed by atoms with van der Waals surface area (Å²) < 4.78 is 0. The summed E-state index contributed by atoms with van der Waals surface area (Å²) in [7, 11) is 0. The highest BCUT2D eigenvalue weighted by atomic mass is 32.2. The molecule has 0 bridgehead atoms. The van der Waals surface area contributed by atoms with Crippen molar-refractivity contribution < 1.29 is 29.1 Å². The van der Waals surface area contributed by atoms with Gasteiger partial charge < -0.3 is 21.1 Å². The van der Waals surface area contributed by atoms with Crippen LogP contribution in [0.2, 0.25) is 0 Å². The van der Waals surface area contributed by atoms with Crippen LogP contribution in [0, 0.1) is 11.8 Å². The third-order valence-corrected chi connectivity index (χ3v) is 6.33. The van der Waals surface area contributed by atoms with Gasteiger partial charge in [0, 0.05) is 12.1 Å². The van der Waals surface area contributed by atoms with Crippen LogP contribution in [0.25, 0.3) is 0 Å². The number of benzene rings is 1. The lowest BCUT2D eigenvalue weighted by molar-refractivity contribution is -0.143. The number of aliphatic carboxylic acids is 1. The van der Waals surface area contributed by atoms with Gasteiger partial charge in [-0.25, -0.2) is 0 Å². The molecule has 10 heteroatoms. The van der Waals surface area contributed by atoms with Gasteiger partial charge >= 0.3 is 5.97 Å². The molecular formula is C22H29N3O6S. The predicted molar refractivity (Wildman–Crippen MR) is 120 cm³/mol. The fourth-order valence-electron chi connectivity index (χ4n) is 3.34. The van der Waals surface area contributed by atoms with Crippen molar-refractivity contribution in [3.63, 3.8) is 0 Å². The third-order valence-electron chi connectivity index (χ3n) is 5.32. The van der Waals surface area contributed by atoms with Gasteiger partial charge in [0.1, 0.15) is 0 Å². The highest BCUT2D eigenvalue weighted by molar-refractivity contribution is 8.15. The molecule has 32 heavy (non-hydrogen) atoms. The SMILES string of the molecule is CC(SC(=O)c1ccccc1)C(=O)NCC(=O)NCC(=O)NCC1CCC(C(=O)O)CC1. The zero-order chi connectivity index (χ0) is 23.5. The molecule has 0 aliphatic heterocycles. The molecule has 2 rings (SSSR count). The Morgan fingerprint density at radius 3 is 2.16 bits per heavy atom. The van der Waals surface area contributed by atoms with Crippen molar-refractivity contribution in [1.82, 2.24) is 16.0 Å². The smallest absolute Gasteiger partial charge is 0.306 e. The third kappa shape index (κ3) is 8.70. The lowest BCUT2D eigenvalue weighted by Crippen LogP contribution is -2.44. The van der Waals surface area contributed by atoms with Gasteiger partial charge in [0.2, 0.25) is 22.8 Å². The minimum Gasteiger partial charge on any atom is -0.481 e. The molecule has 1 unspecified atom stereocenters. The number of hydrogen-bond acceptors (Lipinski definition) is 6. The molecule has 0 heterocycles. The summed E-state index contributed by atoms with van der Waals surface area (Å²) in [6.07, 6.45) is 2.72. The average molecular weight is 464 g/mol. The predicted octanol–water partition coefficient (Wildman–Crippen LogP) is 1.19. The van der Waals surface area contributed by atoms with E-state index < -0.39 is 23.0 Å². The molecular weight excluding hydrogens is 434 g/mol. The molecule has 0 aromatic heterocycles. The van der Waals surface area contributed by atoms with Crippen molar-refractivity contribution in [3.05, 3.63) is 35.9 Å². The molecule has 0 spiro atoms. The number of carboxylic acid groups (broad SMARTS) is 1.